The summed E-state index contributed by atoms with van der Waals surface area (Å²) in [6.07, 6.45) is 3.32. The number of carbonyl (C=O) groups excluding carboxylic acids is 1. The number of hydrogen-bond donors (Lipinski definition) is 1. The summed E-state index contributed by atoms with van der Waals surface area (Å²) < 4.78 is 5.48. The van der Waals surface area contributed by atoms with Crippen LogP contribution in [0.15, 0.2) is 12.1 Å². The van der Waals surface area contributed by atoms with E-state index >= 15 is 0 Å². The summed E-state index contributed by atoms with van der Waals surface area (Å²) in [6.45, 7) is 6.94. The highest BCUT2D eigenvalue weighted by Crippen LogP contribution is 2.27. The number of anilines is 1. The molecule has 0 spiro atoms. The van der Waals surface area contributed by atoms with Gasteiger partial charge in [-0.15, -0.1) is 0 Å². The van der Waals surface area contributed by atoms with Crippen molar-refractivity contribution in [1.29, 1.82) is 0 Å². The van der Waals surface area contributed by atoms with Crippen LogP contribution in [0.4, 0.5) is 10.6 Å². The number of fused-ring (bicyclic) bond motifs is 1. The average molecular weight is 291 g/mol. The molecule has 5 nitrogen and oxygen atoms in total. The van der Waals surface area contributed by atoms with Crippen molar-refractivity contribution < 1.29 is 9.53 Å². The van der Waals surface area contributed by atoms with Crippen LogP contribution in [0.2, 0.25) is 0 Å². The summed E-state index contributed by atoms with van der Waals surface area (Å²) >= 11 is 0. The molecule has 2 heterocycles. The average Bonchev–Trinajstić information content (AvgIpc) is 2.42. The van der Waals surface area contributed by atoms with Crippen molar-refractivity contribution in [3.05, 3.63) is 23.4 Å². The molecule has 0 fully saturated rings. The molecule has 2 rings (SSSR count). The van der Waals surface area contributed by atoms with Gasteiger partial charge in [0, 0.05) is 12.2 Å². The van der Waals surface area contributed by atoms with Crippen LogP contribution in [-0.4, -0.2) is 29.8 Å². The number of ether oxygens (including phenoxy) is 1. The fourth-order valence-corrected chi connectivity index (χ4v) is 2.40. The molecule has 1 aromatic rings. The van der Waals surface area contributed by atoms with Gasteiger partial charge in [0.1, 0.15) is 11.4 Å². The van der Waals surface area contributed by atoms with Crippen molar-refractivity contribution in [2.45, 2.75) is 52.1 Å². The molecular weight excluding hydrogens is 266 g/mol. The van der Waals surface area contributed by atoms with Gasteiger partial charge in [0.25, 0.3) is 0 Å². The van der Waals surface area contributed by atoms with E-state index in [2.05, 4.69) is 11.1 Å². The van der Waals surface area contributed by atoms with Crippen molar-refractivity contribution >= 4 is 11.9 Å². The Morgan fingerprint density at radius 2 is 2.19 bits per heavy atom. The predicted octanol–water partition coefficient (Wildman–Crippen LogP) is 2.66. The summed E-state index contributed by atoms with van der Waals surface area (Å²) in [4.78, 5) is 18.7. The molecule has 0 saturated carbocycles. The molecular formula is C16H25N3O2. The van der Waals surface area contributed by atoms with Crippen LogP contribution < -0.4 is 10.6 Å². The molecule has 0 unspecified atom stereocenters. The van der Waals surface area contributed by atoms with Gasteiger partial charge >= 0.3 is 6.09 Å². The number of aromatic nitrogens is 1. The number of aryl methyl sites for hydroxylation is 2. The van der Waals surface area contributed by atoms with Crippen molar-refractivity contribution in [1.82, 2.24) is 4.98 Å². The molecule has 21 heavy (non-hydrogen) atoms. The maximum atomic E-state index is 12.3. The molecule has 0 bridgehead atoms. The molecule has 116 valence electrons. The van der Waals surface area contributed by atoms with E-state index in [1.54, 1.807) is 4.90 Å². The van der Waals surface area contributed by atoms with Crippen molar-refractivity contribution in [2.24, 2.45) is 5.73 Å². The smallest absolute Gasteiger partial charge is 0.416 e. The predicted molar refractivity (Wildman–Crippen MR) is 83.5 cm³/mol. The van der Waals surface area contributed by atoms with Crippen LogP contribution in [0.3, 0.4) is 0 Å². The zero-order valence-electron chi connectivity index (χ0n) is 13.2. The summed E-state index contributed by atoms with van der Waals surface area (Å²) in [5.74, 6) is 0.755. The van der Waals surface area contributed by atoms with Gasteiger partial charge in [0.15, 0.2) is 0 Å². The monoisotopic (exact) mass is 291 g/mol. The zero-order chi connectivity index (χ0) is 15.5. The maximum absolute atomic E-state index is 12.3. The van der Waals surface area contributed by atoms with Gasteiger partial charge in [-0.1, -0.05) is 6.07 Å². The van der Waals surface area contributed by atoms with E-state index in [9.17, 15) is 4.79 Å². The summed E-state index contributed by atoms with van der Waals surface area (Å²) in [6, 6.07) is 4.11. The third-order valence-corrected chi connectivity index (χ3v) is 3.35. The molecule has 2 N–H and O–H groups in total. The lowest BCUT2D eigenvalue weighted by atomic mass is 10.0. The van der Waals surface area contributed by atoms with Crippen LogP contribution in [0.1, 0.15) is 44.9 Å². The number of rotatable bonds is 3. The number of hydrogen-bond acceptors (Lipinski definition) is 4. The lowest BCUT2D eigenvalue weighted by Gasteiger charge is -2.31. The molecule has 1 aliphatic heterocycles. The number of nitrogens with zero attached hydrogens (tertiary/aromatic N) is 2. The van der Waals surface area contributed by atoms with E-state index in [-0.39, 0.29) is 6.09 Å². The standard InChI is InChI=1S/C16H25N3O2/c1-16(2,3)21-15(20)19-11-5-6-12-8-9-13(7-4-10-17)18-14(12)19/h8-9H,4-7,10-11,17H2,1-3H3. The van der Waals surface area contributed by atoms with E-state index in [1.807, 2.05) is 26.8 Å². The first-order chi connectivity index (χ1) is 9.90. The Morgan fingerprint density at radius 3 is 2.86 bits per heavy atom. The molecule has 0 atom stereocenters. The lowest BCUT2D eigenvalue weighted by molar-refractivity contribution is 0.0576. The summed E-state index contributed by atoms with van der Waals surface area (Å²) in [7, 11) is 0. The second kappa shape index (κ2) is 6.43. The highest BCUT2D eigenvalue weighted by Gasteiger charge is 2.28. The van der Waals surface area contributed by atoms with Crippen LogP contribution >= 0.6 is 0 Å². The molecule has 1 aliphatic rings. The second-order valence-corrected chi connectivity index (χ2v) is 6.41. The first kappa shape index (κ1) is 15.8. The molecule has 1 aromatic heterocycles. The molecule has 1 amide bonds. The topological polar surface area (TPSA) is 68.5 Å². The summed E-state index contributed by atoms with van der Waals surface area (Å²) in [5.41, 5.74) is 7.15. The molecule has 0 aromatic carbocycles. The quantitative estimate of drug-likeness (QED) is 0.929. The Bertz CT molecular complexity index is 509. The van der Waals surface area contributed by atoms with E-state index < -0.39 is 5.60 Å². The fraction of sp³-hybridized carbons (Fsp3) is 0.625. The van der Waals surface area contributed by atoms with Gasteiger partial charge in [0.05, 0.1) is 0 Å². The molecule has 0 saturated heterocycles. The minimum atomic E-state index is -0.494. The lowest BCUT2D eigenvalue weighted by Crippen LogP contribution is -2.40. The van der Waals surface area contributed by atoms with Crippen LogP contribution in [0.25, 0.3) is 0 Å². The SMILES string of the molecule is CC(C)(C)OC(=O)N1CCCc2ccc(CCCN)nc21. The highest BCUT2D eigenvalue weighted by atomic mass is 16.6. The largest absolute Gasteiger partial charge is 0.443 e. The van der Waals surface area contributed by atoms with Gasteiger partial charge in [0.2, 0.25) is 0 Å². The number of carbonyl (C=O) groups is 1. The maximum Gasteiger partial charge on any atom is 0.416 e. The number of nitrogens with two attached hydrogens (primary N) is 1. The van der Waals surface area contributed by atoms with Gasteiger partial charge in [-0.25, -0.2) is 9.78 Å². The van der Waals surface area contributed by atoms with Gasteiger partial charge in [-0.3, -0.25) is 4.90 Å². The van der Waals surface area contributed by atoms with E-state index in [0.717, 1.165) is 42.8 Å². The van der Waals surface area contributed by atoms with Crippen molar-refractivity contribution in [3.63, 3.8) is 0 Å². The Kier molecular flexibility index (Phi) is 4.83. The highest BCUT2D eigenvalue weighted by molar-refractivity contribution is 5.88. The molecule has 0 radical (unpaired) electrons. The zero-order valence-corrected chi connectivity index (χ0v) is 13.2. The van der Waals surface area contributed by atoms with E-state index in [1.165, 1.54) is 0 Å². The Hall–Kier alpha value is -1.62. The van der Waals surface area contributed by atoms with E-state index in [4.69, 9.17) is 10.5 Å². The third-order valence-electron chi connectivity index (χ3n) is 3.35. The van der Waals surface area contributed by atoms with Gasteiger partial charge < -0.3 is 10.5 Å². The Labute approximate surface area is 126 Å². The van der Waals surface area contributed by atoms with Crippen molar-refractivity contribution in [3.8, 4) is 0 Å². The van der Waals surface area contributed by atoms with Crippen LogP contribution in [0, 0.1) is 0 Å². The van der Waals surface area contributed by atoms with E-state index in [0.29, 0.717) is 13.1 Å². The number of amides is 1. The first-order valence-electron chi connectivity index (χ1n) is 7.60. The molecule has 0 aliphatic carbocycles. The van der Waals surface area contributed by atoms with Gasteiger partial charge in [-0.05, 0) is 64.6 Å². The van der Waals surface area contributed by atoms with Gasteiger partial charge in [-0.2, -0.15) is 0 Å². The van der Waals surface area contributed by atoms with Crippen LogP contribution in [-0.2, 0) is 17.6 Å². The third kappa shape index (κ3) is 4.17. The fourth-order valence-electron chi connectivity index (χ4n) is 2.40. The Morgan fingerprint density at radius 1 is 1.43 bits per heavy atom. The second-order valence-electron chi connectivity index (χ2n) is 6.41. The first-order valence-corrected chi connectivity index (χ1v) is 7.60. The minimum absolute atomic E-state index is 0.313. The molecule has 5 heteroatoms. The Balaban J connectivity index is 2.22. The minimum Gasteiger partial charge on any atom is -0.443 e. The summed E-state index contributed by atoms with van der Waals surface area (Å²) in [5, 5.41) is 0. The van der Waals surface area contributed by atoms with Crippen molar-refractivity contribution in [2.75, 3.05) is 18.0 Å². The van der Waals surface area contributed by atoms with Crippen LogP contribution in [0.5, 0.6) is 0 Å². The number of pyridine rings is 1. The normalized spacial score (nSPS) is 14.8.